The van der Waals surface area contributed by atoms with Gasteiger partial charge in [-0.05, 0) is 37.0 Å². The number of aromatic nitrogens is 2. The Morgan fingerprint density at radius 1 is 1.35 bits per heavy atom. The third kappa shape index (κ3) is 2.90. The van der Waals surface area contributed by atoms with Crippen molar-refractivity contribution < 1.29 is 4.52 Å². The predicted octanol–water partition coefficient (Wildman–Crippen LogP) is 3.97. The highest BCUT2D eigenvalue weighted by Gasteiger charge is 2.41. The van der Waals surface area contributed by atoms with E-state index < -0.39 is 5.54 Å². The van der Waals surface area contributed by atoms with Crippen molar-refractivity contribution in [2.24, 2.45) is 17.1 Å². The zero-order valence-corrected chi connectivity index (χ0v) is 13.6. The first-order valence-electron chi connectivity index (χ1n) is 7.91. The molecule has 1 aromatic heterocycles. The van der Waals surface area contributed by atoms with Crippen LogP contribution in [0.1, 0.15) is 84.4 Å². The highest BCUT2D eigenvalue weighted by Crippen LogP contribution is 2.45. The summed E-state index contributed by atoms with van der Waals surface area (Å²) in [7, 11) is 0. The van der Waals surface area contributed by atoms with Crippen LogP contribution < -0.4 is 5.73 Å². The number of nitrogens with zero attached hydrogens (tertiary/aromatic N) is 2. The van der Waals surface area contributed by atoms with Gasteiger partial charge in [0.1, 0.15) is 0 Å². The van der Waals surface area contributed by atoms with Crippen LogP contribution in [0.15, 0.2) is 4.52 Å². The lowest BCUT2D eigenvalue weighted by atomic mass is 9.65. The lowest BCUT2D eigenvalue weighted by Gasteiger charge is -2.41. The SMILES string of the molecule is CCC(C)(C)C1CCC(N)(c2noc(C(C)C)n2)CC1. The Morgan fingerprint density at radius 3 is 2.40 bits per heavy atom. The third-order valence-corrected chi connectivity index (χ3v) is 5.28. The zero-order chi connectivity index (χ0) is 15.0. The van der Waals surface area contributed by atoms with Crippen LogP contribution in [0, 0.1) is 11.3 Å². The van der Waals surface area contributed by atoms with E-state index >= 15 is 0 Å². The second-order valence-electron chi connectivity index (χ2n) is 7.38. The van der Waals surface area contributed by atoms with Crippen molar-refractivity contribution in [3.8, 4) is 0 Å². The van der Waals surface area contributed by atoms with Gasteiger partial charge >= 0.3 is 0 Å². The van der Waals surface area contributed by atoms with Gasteiger partial charge < -0.3 is 10.3 Å². The van der Waals surface area contributed by atoms with Crippen molar-refractivity contribution in [3.05, 3.63) is 11.7 Å². The quantitative estimate of drug-likeness (QED) is 0.905. The smallest absolute Gasteiger partial charge is 0.229 e. The molecule has 4 nitrogen and oxygen atoms in total. The molecule has 0 aliphatic heterocycles. The van der Waals surface area contributed by atoms with Crippen molar-refractivity contribution in [2.45, 2.75) is 78.2 Å². The van der Waals surface area contributed by atoms with E-state index in [9.17, 15) is 0 Å². The van der Waals surface area contributed by atoms with Crippen molar-refractivity contribution in [2.75, 3.05) is 0 Å². The third-order valence-electron chi connectivity index (χ3n) is 5.28. The fraction of sp³-hybridized carbons (Fsp3) is 0.875. The fourth-order valence-corrected chi connectivity index (χ4v) is 3.10. The summed E-state index contributed by atoms with van der Waals surface area (Å²) in [5, 5.41) is 4.13. The standard InChI is InChI=1S/C16H29N3O/c1-6-15(4,5)12-7-9-16(17,10-8-12)14-18-13(11(2)3)20-19-14/h11-12H,6-10,17H2,1-5H3. The number of hydrogen-bond acceptors (Lipinski definition) is 4. The van der Waals surface area contributed by atoms with Crippen LogP contribution in [-0.2, 0) is 5.54 Å². The molecule has 2 rings (SSSR count). The molecule has 1 aliphatic rings. The molecule has 0 saturated heterocycles. The Morgan fingerprint density at radius 2 is 1.95 bits per heavy atom. The van der Waals surface area contributed by atoms with Crippen molar-refractivity contribution >= 4 is 0 Å². The average Bonchev–Trinajstić information content (AvgIpc) is 2.90. The van der Waals surface area contributed by atoms with E-state index in [0.29, 0.717) is 17.1 Å². The molecule has 20 heavy (non-hydrogen) atoms. The van der Waals surface area contributed by atoms with Gasteiger partial charge in [0.2, 0.25) is 5.89 Å². The maximum atomic E-state index is 6.56. The second kappa shape index (κ2) is 5.47. The summed E-state index contributed by atoms with van der Waals surface area (Å²) in [6, 6.07) is 0. The van der Waals surface area contributed by atoms with Gasteiger partial charge in [-0.3, -0.25) is 0 Å². The summed E-state index contributed by atoms with van der Waals surface area (Å²) in [5.74, 6) is 2.41. The molecule has 1 aromatic rings. The van der Waals surface area contributed by atoms with E-state index in [0.717, 1.165) is 31.6 Å². The predicted molar refractivity (Wildman–Crippen MR) is 80.3 cm³/mol. The largest absolute Gasteiger partial charge is 0.339 e. The summed E-state index contributed by atoms with van der Waals surface area (Å²) in [6.45, 7) is 11.1. The number of rotatable bonds is 4. The highest BCUT2D eigenvalue weighted by molar-refractivity contribution is 5.07. The van der Waals surface area contributed by atoms with Crippen LogP contribution in [0.2, 0.25) is 0 Å². The molecule has 0 aromatic carbocycles. The molecule has 1 aliphatic carbocycles. The van der Waals surface area contributed by atoms with E-state index in [1.165, 1.54) is 6.42 Å². The van der Waals surface area contributed by atoms with Crippen molar-refractivity contribution in [3.63, 3.8) is 0 Å². The van der Waals surface area contributed by atoms with Gasteiger partial charge in [0, 0.05) is 5.92 Å². The van der Waals surface area contributed by atoms with Crippen LogP contribution in [0.25, 0.3) is 0 Å². The van der Waals surface area contributed by atoms with Crippen LogP contribution >= 0.6 is 0 Å². The van der Waals surface area contributed by atoms with Gasteiger partial charge in [-0.2, -0.15) is 4.98 Å². The van der Waals surface area contributed by atoms with E-state index in [-0.39, 0.29) is 5.92 Å². The molecule has 114 valence electrons. The van der Waals surface area contributed by atoms with Crippen LogP contribution in [0.5, 0.6) is 0 Å². The molecule has 0 atom stereocenters. The Kier molecular flexibility index (Phi) is 4.24. The second-order valence-corrected chi connectivity index (χ2v) is 7.38. The number of nitrogens with two attached hydrogens (primary N) is 1. The van der Waals surface area contributed by atoms with E-state index in [1.54, 1.807) is 0 Å². The van der Waals surface area contributed by atoms with E-state index in [4.69, 9.17) is 10.3 Å². The minimum atomic E-state index is -0.392. The molecule has 1 heterocycles. The molecule has 0 radical (unpaired) electrons. The molecule has 2 N–H and O–H groups in total. The van der Waals surface area contributed by atoms with Crippen molar-refractivity contribution in [1.29, 1.82) is 0 Å². The molecule has 0 unspecified atom stereocenters. The number of hydrogen-bond donors (Lipinski definition) is 1. The molecule has 0 spiro atoms. The Labute approximate surface area is 122 Å². The summed E-state index contributed by atoms with van der Waals surface area (Å²) >= 11 is 0. The van der Waals surface area contributed by atoms with E-state index in [2.05, 4.69) is 44.8 Å². The summed E-state index contributed by atoms with van der Waals surface area (Å²) in [4.78, 5) is 4.51. The highest BCUT2D eigenvalue weighted by atomic mass is 16.5. The van der Waals surface area contributed by atoms with Gasteiger partial charge in [-0.15, -0.1) is 0 Å². The monoisotopic (exact) mass is 279 g/mol. The molecular formula is C16H29N3O. The molecule has 0 amide bonds. The average molecular weight is 279 g/mol. The lowest BCUT2D eigenvalue weighted by Crippen LogP contribution is -2.43. The van der Waals surface area contributed by atoms with Crippen LogP contribution in [-0.4, -0.2) is 10.1 Å². The van der Waals surface area contributed by atoms with E-state index in [1.807, 2.05) is 0 Å². The van der Waals surface area contributed by atoms with Crippen molar-refractivity contribution in [1.82, 2.24) is 10.1 Å². The first-order chi connectivity index (χ1) is 9.28. The normalized spacial score (nSPS) is 28.1. The molecular weight excluding hydrogens is 250 g/mol. The minimum absolute atomic E-state index is 0.259. The topological polar surface area (TPSA) is 64.9 Å². The van der Waals surface area contributed by atoms with Crippen LogP contribution in [0.3, 0.4) is 0 Å². The minimum Gasteiger partial charge on any atom is -0.339 e. The lowest BCUT2D eigenvalue weighted by molar-refractivity contribution is 0.110. The Balaban J connectivity index is 2.07. The summed E-state index contributed by atoms with van der Waals surface area (Å²) in [6.07, 6.45) is 5.44. The summed E-state index contributed by atoms with van der Waals surface area (Å²) < 4.78 is 5.32. The maximum absolute atomic E-state index is 6.56. The van der Waals surface area contributed by atoms with Gasteiger partial charge in [0.25, 0.3) is 0 Å². The Hall–Kier alpha value is -0.900. The molecule has 1 saturated carbocycles. The van der Waals surface area contributed by atoms with Gasteiger partial charge in [-0.25, -0.2) is 0 Å². The van der Waals surface area contributed by atoms with Gasteiger partial charge in [0.15, 0.2) is 5.82 Å². The van der Waals surface area contributed by atoms with Crippen LogP contribution in [0.4, 0.5) is 0 Å². The maximum Gasteiger partial charge on any atom is 0.229 e. The first-order valence-corrected chi connectivity index (χ1v) is 7.91. The van der Waals surface area contributed by atoms with Gasteiger partial charge in [0.05, 0.1) is 5.54 Å². The first kappa shape index (κ1) is 15.5. The molecule has 4 heteroatoms. The molecule has 1 fully saturated rings. The fourth-order valence-electron chi connectivity index (χ4n) is 3.10. The summed E-state index contributed by atoms with van der Waals surface area (Å²) in [5.41, 5.74) is 6.57. The molecule has 0 bridgehead atoms. The van der Waals surface area contributed by atoms with Gasteiger partial charge in [-0.1, -0.05) is 46.2 Å². The Bertz CT molecular complexity index is 442. The zero-order valence-electron chi connectivity index (χ0n) is 13.6.